The molecule has 0 aliphatic rings. The lowest BCUT2D eigenvalue weighted by Gasteiger charge is -2.15. The average Bonchev–Trinajstić information content (AvgIpc) is 2.59. The number of fused-ring (bicyclic) bond motifs is 1. The fraction of sp³-hybridized carbons (Fsp3) is 0.529. The maximum atomic E-state index is 5.48. The maximum Gasteiger partial charge on any atom is 0.205 e. The van der Waals surface area contributed by atoms with Gasteiger partial charge in [0.1, 0.15) is 17.7 Å². The number of rotatable bonds is 9. The van der Waals surface area contributed by atoms with E-state index in [4.69, 9.17) is 14.2 Å². The van der Waals surface area contributed by atoms with Gasteiger partial charge in [-0.05, 0) is 12.5 Å². The molecule has 1 N–H and O–H groups in total. The quantitative estimate of drug-likeness (QED) is 0.712. The average molecular weight is 319 g/mol. The first-order chi connectivity index (χ1) is 11.3. The Balaban J connectivity index is 2.35. The second-order valence-corrected chi connectivity index (χ2v) is 5.25. The minimum atomic E-state index is 0.537. The summed E-state index contributed by atoms with van der Waals surface area (Å²) in [4.78, 5) is 8.70. The van der Waals surface area contributed by atoms with Gasteiger partial charge in [-0.2, -0.15) is 0 Å². The van der Waals surface area contributed by atoms with Crippen LogP contribution in [-0.4, -0.2) is 37.8 Å². The van der Waals surface area contributed by atoms with Gasteiger partial charge in [-0.25, -0.2) is 9.97 Å². The summed E-state index contributed by atoms with van der Waals surface area (Å²) in [5, 5.41) is 4.24. The number of ether oxygens (including phenoxy) is 3. The van der Waals surface area contributed by atoms with E-state index in [1.54, 1.807) is 21.3 Å². The molecule has 1 heterocycles. The third-order valence-corrected chi connectivity index (χ3v) is 3.76. The van der Waals surface area contributed by atoms with Crippen molar-refractivity contribution in [1.82, 2.24) is 9.97 Å². The highest BCUT2D eigenvalue weighted by atomic mass is 16.5. The predicted molar refractivity (Wildman–Crippen MR) is 91.8 cm³/mol. The van der Waals surface area contributed by atoms with Crippen LogP contribution < -0.4 is 19.5 Å². The second-order valence-electron chi connectivity index (χ2n) is 5.25. The van der Waals surface area contributed by atoms with Crippen molar-refractivity contribution in [3.05, 3.63) is 12.4 Å². The molecule has 2 aromatic rings. The van der Waals surface area contributed by atoms with Gasteiger partial charge in [-0.3, -0.25) is 0 Å². The molecule has 0 atom stereocenters. The Hall–Kier alpha value is -2.24. The number of anilines is 1. The molecule has 0 saturated heterocycles. The topological polar surface area (TPSA) is 65.5 Å². The van der Waals surface area contributed by atoms with Crippen molar-refractivity contribution in [1.29, 1.82) is 0 Å². The number of benzene rings is 1. The Morgan fingerprint density at radius 1 is 0.957 bits per heavy atom. The zero-order chi connectivity index (χ0) is 16.7. The van der Waals surface area contributed by atoms with Crippen molar-refractivity contribution in [2.45, 2.75) is 32.6 Å². The van der Waals surface area contributed by atoms with Gasteiger partial charge in [0.25, 0.3) is 0 Å². The molecule has 0 spiro atoms. The van der Waals surface area contributed by atoms with Gasteiger partial charge in [-0.15, -0.1) is 0 Å². The summed E-state index contributed by atoms with van der Waals surface area (Å²) in [5.41, 5.74) is 0.705. The van der Waals surface area contributed by atoms with Gasteiger partial charge < -0.3 is 19.5 Å². The minimum Gasteiger partial charge on any atom is -0.493 e. The number of hydrogen-bond donors (Lipinski definition) is 1. The molecule has 6 heteroatoms. The Bertz CT molecular complexity index is 647. The zero-order valence-electron chi connectivity index (χ0n) is 14.3. The lowest BCUT2D eigenvalue weighted by atomic mass is 10.1. The number of hydrogen-bond acceptors (Lipinski definition) is 6. The standard InChI is InChI=1S/C17H25N3O3/c1-5-6-7-8-9-18-17-12-10-13(21-2)15(22-3)16(23-4)14(12)19-11-20-17/h10-11H,5-9H2,1-4H3,(H,18,19,20). The van der Waals surface area contributed by atoms with Gasteiger partial charge in [0, 0.05) is 6.54 Å². The summed E-state index contributed by atoms with van der Waals surface area (Å²) in [7, 11) is 4.78. The van der Waals surface area contributed by atoms with Gasteiger partial charge >= 0.3 is 0 Å². The highest BCUT2D eigenvalue weighted by Crippen LogP contribution is 2.43. The smallest absolute Gasteiger partial charge is 0.205 e. The third kappa shape index (κ3) is 3.75. The van der Waals surface area contributed by atoms with Gasteiger partial charge in [0.05, 0.1) is 26.7 Å². The first-order valence-corrected chi connectivity index (χ1v) is 7.94. The summed E-state index contributed by atoms with van der Waals surface area (Å²) >= 11 is 0. The Morgan fingerprint density at radius 3 is 2.39 bits per heavy atom. The molecule has 2 rings (SSSR count). The lowest BCUT2D eigenvalue weighted by Crippen LogP contribution is -2.05. The molecule has 0 saturated carbocycles. The third-order valence-electron chi connectivity index (χ3n) is 3.76. The Morgan fingerprint density at radius 2 is 1.74 bits per heavy atom. The molecule has 0 unspecified atom stereocenters. The number of unbranched alkanes of at least 4 members (excludes halogenated alkanes) is 3. The van der Waals surface area contributed by atoms with Crippen molar-refractivity contribution in [2.75, 3.05) is 33.2 Å². The summed E-state index contributed by atoms with van der Waals surface area (Å²) in [6.45, 7) is 3.08. The van der Waals surface area contributed by atoms with E-state index in [-0.39, 0.29) is 0 Å². The molecule has 0 amide bonds. The molecular formula is C17H25N3O3. The van der Waals surface area contributed by atoms with Crippen molar-refractivity contribution in [2.24, 2.45) is 0 Å². The van der Waals surface area contributed by atoms with Crippen LogP contribution in [0.3, 0.4) is 0 Å². The van der Waals surface area contributed by atoms with Crippen molar-refractivity contribution in [3.63, 3.8) is 0 Å². The summed E-state index contributed by atoms with van der Waals surface area (Å²) < 4.78 is 16.3. The summed E-state index contributed by atoms with van der Waals surface area (Å²) in [5.74, 6) is 2.47. The van der Waals surface area contributed by atoms with Gasteiger partial charge in [0.2, 0.25) is 5.75 Å². The maximum absolute atomic E-state index is 5.48. The molecule has 0 fully saturated rings. The van der Waals surface area contributed by atoms with Crippen LogP contribution in [0.1, 0.15) is 32.6 Å². The Kier molecular flexibility index (Phi) is 6.26. The second kappa shape index (κ2) is 8.41. The van der Waals surface area contributed by atoms with E-state index in [0.29, 0.717) is 22.8 Å². The number of nitrogens with zero attached hydrogens (tertiary/aromatic N) is 2. The highest BCUT2D eigenvalue weighted by molar-refractivity contribution is 5.96. The molecule has 23 heavy (non-hydrogen) atoms. The van der Waals surface area contributed by atoms with E-state index < -0.39 is 0 Å². The van der Waals surface area contributed by atoms with Crippen molar-refractivity contribution < 1.29 is 14.2 Å². The molecular weight excluding hydrogens is 294 g/mol. The van der Waals surface area contributed by atoms with Crippen LogP contribution in [0, 0.1) is 0 Å². The van der Waals surface area contributed by atoms with Crippen LogP contribution in [0.4, 0.5) is 5.82 Å². The predicted octanol–water partition coefficient (Wildman–Crippen LogP) is 3.65. The summed E-state index contributed by atoms with van der Waals surface area (Å²) in [6.07, 6.45) is 6.34. The van der Waals surface area contributed by atoms with Gasteiger partial charge in [-0.1, -0.05) is 26.2 Å². The monoisotopic (exact) mass is 319 g/mol. The van der Waals surface area contributed by atoms with Crippen molar-refractivity contribution >= 4 is 16.7 Å². The zero-order valence-corrected chi connectivity index (χ0v) is 14.3. The molecule has 0 radical (unpaired) electrons. The van der Waals surface area contributed by atoms with E-state index >= 15 is 0 Å². The first-order valence-electron chi connectivity index (χ1n) is 7.94. The first kappa shape index (κ1) is 17.1. The molecule has 0 bridgehead atoms. The van der Waals surface area contributed by atoms with E-state index in [9.17, 15) is 0 Å². The summed E-state index contributed by atoms with van der Waals surface area (Å²) in [6, 6.07) is 1.88. The van der Waals surface area contributed by atoms with Crippen LogP contribution in [0.15, 0.2) is 12.4 Å². The van der Waals surface area contributed by atoms with E-state index in [2.05, 4.69) is 22.2 Å². The van der Waals surface area contributed by atoms with E-state index in [1.807, 2.05) is 6.07 Å². The van der Waals surface area contributed by atoms with Crippen molar-refractivity contribution in [3.8, 4) is 17.2 Å². The molecule has 1 aromatic carbocycles. The minimum absolute atomic E-state index is 0.537. The highest BCUT2D eigenvalue weighted by Gasteiger charge is 2.19. The van der Waals surface area contributed by atoms with Crippen LogP contribution in [0.5, 0.6) is 17.2 Å². The number of aromatic nitrogens is 2. The fourth-order valence-corrected chi connectivity index (χ4v) is 2.56. The van der Waals surface area contributed by atoms with E-state index in [0.717, 1.165) is 24.2 Å². The number of nitrogens with one attached hydrogen (secondary N) is 1. The van der Waals surface area contributed by atoms with Crippen LogP contribution >= 0.6 is 0 Å². The SMILES string of the molecule is CCCCCCNc1ncnc2c(OC)c(OC)c(OC)cc12. The van der Waals surface area contributed by atoms with Crippen LogP contribution in [0.25, 0.3) is 10.9 Å². The lowest BCUT2D eigenvalue weighted by molar-refractivity contribution is 0.327. The fourth-order valence-electron chi connectivity index (χ4n) is 2.56. The van der Waals surface area contributed by atoms with Crippen LogP contribution in [0.2, 0.25) is 0 Å². The largest absolute Gasteiger partial charge is 0.493 e. The molecule has 6 nitrogen and oxygen atoms in total. The molecule has 0 aliphatic heterocycles. The molecule has 1 aromatic heterocycles. The molecule has 0 aliphatic carbocycles. The number of methoxy groups -OCH3 is 3. The van der Waals surface area contributed by atoms with Crippen LogP contribution in [-0.2, 0) is 0 Å². The Labute approximate surface area is 137 Å². The molecule has 126 valence electrons. The normalized spacial score (nSPS) is 10.6. The van der Waals surface area contributed by atoms with Gasteiger partial charge in [0.15, 0.2) is 11.5 Å². The van der Waals surface area contributed by atoms with E-state index in [1.165, 1.54) is 25.6 Å².